The molecule has 0 saturated carbocycles. The Morgan fingerprint density at radius 1 is 1.30 bits per heavy atom. The molecule has 2 amide bonds. The molecule has 0 aliphatic rings. The highest BCUT2D eigenvalue weighted by Gasteiger charge is 2.20. The molecule has 112 valence electrons. The second-order valence-electron chi connectivity index (χ2n) is 5.36. The summed E-state index contributed by atoms with van der Waals surface area (Å²) in [6.07, 6.45) is 1.96. The van der Waals surface area contributed by atoms with Gasteiger partial charge in [0.05, 0.1) is 6.04 Å². The Morgan fingerprint density at radius 2 is 1.95 bits per heavy atom. The van der Waals surface area contributed by atoms with Crippen LogP contribution in [-0.2, 0) is 16.6 Å². The Kier molecular flexibility index (Phi) is 5.76. The van der Waals surface area contributed by atoms with Gasteiger partial charge in [0.25, 0.3) is 0 Å². The molecular formula is C14H24N4O2. The van der Waals surface area contributed by atoms with Crippen LogP contribution in [0.3, 0.4) is 0 Å². The summed E-state index contributed by atoms with van der Waals surface area (Å²) in [5, 5.41) is 5.25. The molecular weight excluding hydrogens is 256 g/mol. The molecule has 20 heavy (non-hydrogen) atoms. The highest BCUT2D eigenvalue weighted by atomic mass is 16.2. The van der Waals surface area contributed by atoms with Crippen molar-refractivity contribution in [2.45, 2.75) is 25.9 Å². The minimum Gasteiger partial charge on any atom is -0.353 e. The van der Waals surface area contributed by atoms with Gasteiger partial charge in [-0.15, -0.1) is 0 Å². The average molecular weight is 280 g/mol. The van der Waals surface area contributed by atoms with Gasteiger partial charge < -0.3 is 15.2 Å². The van der Waals surface area contributed by atoms with Crippen molar-refractivity contribution in [2.75, 3.05) is 20.6 Å². The topological polar surface area (TPSA) is 66.4 Å². The Balaban J connectivity index is 2.63. The van der Waals surface area contributed by atoms with Crippen molar-refractivity contribution < 1.29 is 9.59 Å². The summed E-state index contributed by atoms with van der Waals surface area (Å²) in [5.74, 6) is -1.19. The zero-order chi connectivity index (χ0) is 15.3. The van der Waals surface area contributed by atoms with E-state index in [9.17, 15) is 9.59 Å². The molecule has 0 radical (unpaired) electrons. The first-order chi connectivity index (χ1) is 9.32. The maximum absolute atomic E-state index is 11.7. The van der Waals surface area contributed by atoms with E-state index >= 15 is 0 Å². The Bertz CT molecular complexity index is 465. The molecule has 0 aliphatic heterocycles. The van der Waals surface area contributed by atoms with E-state index < -0.39 is 11.8 Å². The first-order valence-corrected chi connectivity index (χ1v) is 6.69. The monoisotopic (exact) mass is 280 g/mol. The lowest BCUT2D eigenvalue weighted by molar-refractivity contribution is -0.139. The van der Waals surface area contributed by atoms with Crippen LogP contribution in [0.4, 0.5) is 0 Å². The third-order valence-electron chi connectivity index (χ3n) is 3.03. The van der Waals surface area contributed by atoms with Gasteiger partial charge in [0, 0.05) is 31.5 Å². The lowest BCUT2D eigenvalue weighted by Gasteiger charge is -2.25. The predicted molar refractivity (Wildman–Crippen MR) is 78.1 cm³/mol. The first kappa shape index (κ1) is 16.2. The molecule has 1 aromatic heterocycles. The summed E-state index contributed by atoms with van der Waals surface area (Å²) in [6, 6.07) is 3.93. The minimum atomic E-state index is -0.597. The second-order valence-corrected chi connectivity index (χ2v) is 5.36. The maximum Gasteiger partial charge on any atom is 0.309 e. The molecule has 0 aromatic carbocycles. The number of nitrogens with zero attached hydrogens (tertiary/aromatic N) is 2. The minimum absolute atomic E-state index is 0.0193. The molecule has 2 N–H and O–H groups in total. The van der Waals surface area contributed by atoms with E-state index in [1.165, 1.54) is 0 Å². The lowest BCUT2D eigenvalue weighted by atomic mass is 10.2. The Morgan fingerprint density at radius 3 is 2.40 bits per heavy atom. The van der Waals surface area contributed by atoms with Gasteiger partial charge in [-0.1, -0.05) is 0 Å². The van der Waals surface area contributed by atoms with Crippen LogP contribution in [0.25, 0.3) is 0 Å². The third kappa shape index (κ3) is 4.38. The van der Waals surface area contributed by atoms with Crippen LogP contribution < -0.4 is 10.6 Å². The molecule has 1 rings (SSSR count). The zero-order valence-electron chi connectivity index (χ0n) is 12.8. The number of nitrogens with one attached hydrogen (secondary N) is 2. The van der Waals surface area contributed by atoms with E-state index in [1.807, 2.05) is 62.8 Å². The van der Waals surface area contributed by atoms with Crippen molar-refractivity contribution in [1.82, 2.24) is 20.1 Å². The molecule has 1 atom stereocenters. The fourth-order valence-corrected chi connectivity index (χ4v) is 1.97. The second kappa shape index (κ2) is 7.09. The van der Waals surface area contributed by atoms with Gasteiger partial charge in [0.1, 0.15) is 0 Å². The summed E-state index contributed by atoms with van der Waals surface area (Å²) >= 11 is 0. The van der Waals surface area contributed by atoms with Gasteiger partial charge >= 0.3 is 11.8 Å². The fraction of sp³-hybridized carbons (Fsp3) is 0.571. The van der Waals surface area contributed by atoms with Gasteiger partial charge in [-0.3, -0.25) is 14.5 Å². The van der Waals surface area contributed by atoms with Crippen molar-refractivity contribution in [1.29, 1.82) is 0 Å². The molecule has 1 unspecified atom stereocenters. The van der Waals surface area contributed by atoms with Crippen molar-refractivity contribution >= 4 is 11.8 Å². The van der Waals surface area contributed by atoms with E-state index in [0.717, 1.165) is 5.69 Å². The standard InChI is InChI=1S/C14H24N4O2/c1-10(2)16-14(20)13(19)15-9-12(17(3)4)11-7-6-8-18(11)5/h6-8,10,12H,9H2,1-5H3,(H,15,19)(H,16,20). The number of likely N-dealkylation sites (N-methyl/N-ethyl adjacent to an activating group) is 1. The van der Waals surface area contributed by atoms with E-state index in [1.54, 1.807) is 0 Å². The van der Waals surface area contributed by atoms with Crippen LogP contribution in [0, 0.1) is 0 Å². The van der Waals surface area contributed by atoms with Crippen LogP contribution in [0.5, 0.6) is 0 Å². The molecule has 6 heteroatoms. The number of aromatic nitrogens is 1. The van der Waals surface area contributed by atoms with Gasteiger partial charge in [-0.05, 0) is 40.1 Å². The van der Waals surface area contributed by atoms with Crippen molar-refractivity contribution in [2.24, 2.45) is 7.05 Å². The highest BCUT2D eigenvalue weighted by molar-refractivity contribution is 6.35. The van der Waals surface area contributed by atoms with Crippen LogP contribution in [-0.4, -0.2) is 48.0 Å². The van der Waals surface area contributed by atoms with Crippen molar-refractivity contribution in [3.05, 3.63) is 24.0 Å². The van der Waals surface area contributed by atoms with Crippen LogP contribution in [0.2, 0.25) is 0 Å². The molecule has 0 spiro atoms. The molecule has 1 heterocycles. The SMILES string of the molecule is CC(C)NC(=O)C(=O)NCC(c1cccn1C)N(C)C. The van der Waals surface area contributed by atoms with E-state index in [4.69, 9.17) is 0 Å². The first-order valence-electron chi connectivity index (χ1n) is 6.69. The summed E-state index contributed by atoms with van der Waals surface area (Å²) < 4.78 is 2.00. The number of hydrogen-bond acceptors (Lipinski definition) is 3. The molecule has 6 nitrogen and oxygen atoms in total. The Hall–Kier alpha value is -1.82. The number of carbonyl (C=O) groups is 2. The van der Waals surface area contributed by atoms with Gasteiger partial charge in [-0.2, -0.15) is 0 Å². The summed E-state index contributed by atoms with van der Waals surface area (Å²) in [6.45, 7) is 4.02. The molecule has 0 fully saturated rings. The molecule has 0 aliphatic carbocycles. The fourth-order valence-electron chi connectivity index (χ4n) is 1.97. The average Bonchev–Trinajstić information content (AvgIpc) is 2.74. The molecule has 0 saturated heterocycles. The predicted octanol–water partition coefficient (Wildman–Crippen LogP) is 0.269. The summed E-state index contributed by atoms with van der Waals surface area (Å²) in [5.41, 5.74) is 1.08. The van der Waals surface area contributed by atoms with Crippen molar-refractivity contribution in [3.8, 4) is 0 Å². The van der Waals surface area contributed by atoms with Crippen molar-refractivity contribution in [3.63, 3.8) is 0 Å². The number of rotatable bonds is 5. The molecule has 1 aromatic rings. The van der Waals surface area contributed by atoms with E-state index in [2.05, 4.69) is 10.6 Å². The largest absolute Gasteiger partial charge is 0.353 e. The van der Waals surface area contributed by atoms with Crippen LogP contribution in [0.1, 0.15) is 25.6 Å². The van der Waals surface area contributed by atoms with Crippen LogP contribution in [0.15, 0.2) is 18.3 Å². The van der Waals surface area contributed by atoms with E-state index in [0.29, 0.717) is 6.54 Å². The van der Waals surface area contributed by atoms with E-state index in [-0.39, 0.29) is 12.1 Å². The Labute approximate surface area is 120 Å². The molecule has 0 bridgehead atoms. The van der Waals surface area contributed by atoms with Crippen LogP contribution >= 0.6 is 0 Å². The van der Waals surface area contributed by atoms with Gasteiger partial charge in [0.15, 0.2) is 0 Å². The quantitative estimate of drug-likeness (QED) is 0.761. The smallest absolute Gasteiger partial charge is 0.309 e. The summed E-state index contributed by atoms with van der Waals surface area (Å²) in [4.78, 5) is 25.3. The van der Waals surface area contributed by atoms with Gasteiger partial charge in [-0.25, -0.2) is 0 Å². The maximum atomic E-state index is 11.7. The number of aryl methyl sites for hydroxylation is 1. The summed E-state index contributed by atoms with van der Waals surface area (Å²) in [7, 11) is 5.84. The highest BCUT2D eigenvalue weighted by Crippen LogP contribution is 2.16. The van der Waals surface area contributed by atoms with Gasteiger partial charge in [0.2, 0.25) is 0 Å². The normalized spacial score (nSPS) is 12.6. The number of hydrogen-bond donors (Lipinski definition) is 2. The number of carbonyl (C=O) groups excluding carboxylic acids is 2. The number of amides is 2. The lowest BCUT2D eigenvalue weighted by Crippen LogP contribution is -2.45. The third-order valence-corrected chi connectivity index (χ3v) is 3.03. The zero-order valence-corrected chi connectivity index (χ0v) is 12.8.